The van der Waals surface area contributed by atoms with E-state index in [0.29, 0.717) is 48.0 Å². The maximum absolute atomic E-state index is 6.07. The van der Waals surface area contributed by atoms with Gasteiger partial charge in [-0.05, 0) is 25.3 Å². The van der Waals surface area contributed by atoms with E-state index in [2.05, 4.69) is 55.2 Å². The van der Waals surface area contributed by atoms with Gasteiger partial charge in [0, 0.05) is 43.4 Å². The number of piperidine rings is 1. The lowest BCUT2D eigenvalue weighted by atomic mass is 10.0. The van der Waals surface area contributed by atoms with Crippen molar-refractivity contribution in [2.45, 2.75) is 19.8 Å². The number of aromatic nitrogens is 6. The van der Waals surface area contributed by atoms with Crippen LogP contribution in [0, 0.1) is 11.8 Å². The maximum atomic E-state index is 6.07. The van der Waals surface area contributed by atoms with Crippen molar-refractivity contribution in [2.24, 2.45) is 18.9 Å². The fourth-order valence-electron chi connectivity index (χ4n) is 4.04. The van der Waals surface area contributed by atoms with Crippen LogP contribution in [-0.4, -0.2) is 56.0 Å². The molecular weight excluding hydrogens is 466 g/mol. The molecule has 3 aromatic rings. The van der Waals surface area contributed by atoms with E-state index in [-0.39, 0.29) is 5.92 Å². The molecule has 0 aliphatic carbocycles. The fourth-order valence-corrected chi connectivity index (χ4v) is 4.04. The van der Waals surface area contributed by atoms with E-state index < -0.39 is 0 Å². The SMILES string of the molecule is C=C/C=C\C(=C/C(C)CNc1nc(-c2cnn(C)c2)cnc1N)c1ncc(OCC2CCCNC2)cn1. The van der Waals surface area contributed by atoms with Gasteiger partial charge in [-0.3, -0.25) is 4.68 Å². The van der Waals surface area contributed by atoms with Crippen molar-refractivity contribution < 1.29 is 4.74 Å². The Labute approximate surface area is 217 Å². The summed E-state index contributed by atoms with van der Waals surface area (Å²) in [4.78, 5) is 18.0. The van der Waals surface area contributed by atoms with Gasteiger partial charge in [-0.2, -0.15) is 5.10 Å². The molecule has 1 aliphatic heterocycles. The zero-order valence-electron chi connectivity index (χ0n) is 21.5. The third kappa shape index (κ3) is 7.47. The standard InChI is InChI=1S/C27H35N9O/c1-4-5-8-21(26-32-14-23(15-33-26)37-18-20-7-6-9-29-12-20)10-19(2)11-31-27-25(28)30-16-24(35-27)22-13-34-36(3)17-22/h4-5,8,10,13-17,19-20,29H,1,6-7,9,11-12,18H2,2-3H3,(H2,28,30)(H,31,35)/b8-5-,21-10+. The van der Waals surface area contributed by atoms with Crippen molar-refractivity contribution in [1.29, 1.82) is 0 Å². The Kier molecular flexibility index (Phi) is 8.98. The van der Waals surface area contributed by atoms with Gasteiger partial charge in [0.2, 0.25) is 0 Å². The summed E-state index contributed by atoms with van der Waals surface area (Å²) < 4.78 is 7.65. The highest BCUT2D eigenvalue weighted by atomic mass is 16.5. The highest BCUT2D eigenvalue weighted by molar-refractivity contribution is 5.70. The topological polar surface area (TPSA) is 129 Å². The normalized spacial score (nSPS) is 17.0. The Balaban J connectivity index is 1.40. The van der Waals surface area contributed by atoms with Crippen molar-refractivity contribution in [2.75, 3.05) is 37.3 Å². The van der Waals surface area contributed by atoms with Crippen LogP contribution in [0.2, 0.25) is 0 Å². The highest BCUT2D eigenvalue weighted by Crippen LogP contribution is 2.22. The first-order chi connectivity index (χ1) is 18.0. The summed E-state index contributed by atoms with van der Waals surface area (Å²) in [6, 6.07) is 0. The minimum absolute atomic E-state index is 0.117. The summed E-state index contributed by atoms with van der Waals surface area (Å²) in [5.74, 6) is 2.82. The number of nitrogens with one attached hydrogen (secondary N) is 2. The number of rotatable bonds is 11. The van der Waals surface area contributed by atoms with Gasteiger partial charge in [-0.1, -0.05) is 37.8 Å². The lowest BCUT2D eigenvalue weighted by molar-refractivity contribution is 0.217. The molecule has 0 amide bonds. The molecule has 10 heteroatoms. The Morgan fingerprint density at radius 2 is 2.14 bits per heavy atom. The Hall–Kier alpha value is -4.05. The first-order valence-corrected chi connectivity index (χ1v) is 12.5. The van der Waals surface area contributed by atoms with Crippen LogP contribution in [0.5, 0.6) is 5.75 Å². The Morgan fingerprint density at radius 3 is 2.84 bits per heavy atom. The number of anilines is 2. The molecule has 4 N–H and O–H groups in total. The number of nitrogens with zero attached hydrogens (tertiary/aromatic N) is 6. The third-order valence-electron chi connectivity index (χ3n) is 6.04. The van der Waals surface area contributed by atoms with Crippen molar-refractivity contribution in [3.05, 3.63) is 67.7 Å². The first-order valence-electron chi connectivity index (χ1n) is 12.5. The summed E-state index contributed by atoms with van der Waals surface area (Å²) in [5.41, 5.74) is 8.55. The van der Waals surface area contributed by atoms with Gasteiger partial charge in [0.1, 0.15) is 0 Å². The molecule has 1 fully saturated rings. The lowest BCUT2D eigenvalue weighted by Gasteiger charge is -2.22. The summed E-state index contributed by atoms with van der Waals surface area (Å²) in [6.07, 6.45) is 18.8. The van der Waals surface area contributed by atoms with E-state index in [4.69, 9.17) is 10.5 Å². The number of ether oxygens (including phenoxy) is 1. The van der Waals surface area contributed by atoms with Crippen molar-refractivity contribution in [3.8, 4) is 17.0 Å². The number of aryl methyl sites for hydroxylation is 1. The van der Waals surface area contributed by atoms with Crippen LogP contribution >= 0.6 is 0 Å². The summed E-state index contributed by atoms with van der Waals surface area (Å²) >= 11 is 0. The first kappa shape index (κ1) is 26.0. The molecule has 3 aromatic heterocycles. The summed E-state index contributed by atoms with van der Waals surface area (Å²) in [5, 5.41) is 10.9. The average molecular weight is 502 g/mol. The molecule has 0 aromatic carbocycles. The predicted molar refractivity (Wildman–Crippen MR) is 147 cm³/mol. The zero-order chi connectivity index (χ0) is 26.0. The molecule has 0 bridgehead atoms. The lowest BCUT2D eigenvalue weighted by Crippen LogP contribution is -2.33. The molecular formula is C27H35N9O. The van der Waals surface area contributed by atoms with Crippen molar-refractivity contribution in [3.63, 3.8) is 0 Å². The van der Waals surface area contributed by atoms with Crippen molar-refractivity contribution >= 4 is 17.2 Å². The van der Waals surface area contributed by atoms with Gasteiger partial charge in [0.25, 0.3) is 0 Å². The molecule has 1 aliphatic rings. The number of nitrogens with two attached hydrogens (primary N) is 1. The average Bonchev–Trinajstić information content (AvgIpc) is 3.36. The molecule has 0 spiro atoms. The quantitative estimate of drug-likeness (QED) is 0.338. The number of hydrogen-bond donors (Lipinski definition) is 3. The van der Waals surface area contributed by atoms with E-state index in [9.17, 15) is 0 Å². The molecule has 2 atom stereocenters. The fraction of sp³-hybridized carbons (Fsp3) is 0.370. The van der Waals surface area contributed by atoms with Crippen LogP contribution in [-0.2, 0) is 7.05 Å². The molecule has 2 unspecified atom stereocenters. The summed E-state index contributed by atoms with van der Waals surface area (Å²) in [6.45, 7) is 9.23. The van der Waals surface area contributed by atoms with Crippen LogP contribution in [0.4, 0.5) is 11.6 Å². The minimum atomic E-state index is 0.117. The summed E-state index contributed by atoms with van der Waals surface area (Å²) in [7, 11) is 1.86. The minimum Gasteiger partial charge on any atom is -0.490 e. The molecule has 4 heterocycles. The number of nitrogen functional groups attached to an aromatic ring is 1. The van der Waals surface area contributed by atoms with Gasteiger partial charge in [-0.25, -0.2) is 19.9 Å². The van der Waals surface area contributed by atoms with E-state index in [1.54, 1.807) is 35.5 Å². The van der Waals surface area contributed by atoms with Crippen LogP contribution < -0.4 is 21.1 Å². The van der Waals surface area contributed by atoms with Gasteiger partial charge >= 0.3 is 0 Å². The molecule has 37 heavy (non-hydrogen) atoms. The molecule has 0 saturated carbocycles. The molecule has 10 nitrogen and oxygen atoms in total. The second-order valence-corrected chi connectivity index (χ2v) is 9.23. The molecule has 4 rings (SSSR count). The maximum Gasteiger partial charge on any atom is 0.169 e. The van der Waals surface area contributed by atoms with Crippen LogP contribution in [0.3, 0.4) is 0 Å². The van der Waals surface area contributed by atoms with Crippen LogP contribution in [0.25, 0.3) is 16.8 Å². The van der Waals surface area contributed by atoms with Crippen LogP contribution in [0.1, 0.15) is 25.6 Å². The number of hydrogen-bond acceptors (Lipinski definition) is 9. The van der Waals surface area contributed by atoms with E-state index in [0.717, 1.165) is 24.2 Å². The van der Waals surface area contributed by atoms with Gasteiger partial charge < -0.3 is 21.1 Å². The Bertz CT molecular complexity index is 1230. The highest BCUT2D eigenvalue weighted by Gasteiger charge is 2.14. The van der Waals surface area contributed by atoms with Crippen LogP contribution in [0.15, 0.2) is 61.9 Å². The second-order valence-electron chi connectivity index (χ2n) is 9.23. The Morgan fingerprint density at radius 1 is 1.30 bits per heavy atom. The third-order valence-corrected chi connectivity index (χ3v) is 6.04. The second kappa shape index (κ2) is 12.8. The predicted octanol–water partition coefficient (Wildman–Crippen LogP) is 3.50. The van der Waals surface area contributed by atoms with Crippen molar-refractivity contribution in [1.82, 2.24) is 35.0 Å². The molecule has 0 radical (unpaired) electrons. The molecule has 1 saturated heterocycles. The van der Waals surface area contributed by atoms with E-state index >= 15 is 0 Å². The van der Waals surface area contributed by atoms with Gasteiger partial charge in [0.05, 0.1) is 37.1 Å². The zero-order valence-corrected chi connectivity index (χ0v) is 21.5. The van der Waals surface area contributed by atoms with E-state index in [1.165, 1.54) is 12.8 Å². The van der Waals surface area contributed by atoms with E-state index in [1.807, 2.05) is 25.4 Å². The largest absolute Gasteiger partial charge is 0.490 e. The van der Waals surface area contributed by atoms with Gasteiger partial charge in [0.15, 0.2) is 23.2 Å². The van der Waals surface area contributed by atoms with Gasteiger partial charge in [-0.15, -0.1) is 0 Å². The monoisotopic (exact) mass is 501 g/mol. The smallest absolute Gasteiger partial charge is 0.169 e. The number of allylic oxidation sites excluding steroid dienone is 4. The molecule has 194 valence electrons.